The van der Waals surface area contributed by atoms with Crippen LogP contribution >= 0.6 is 0 Å². The van der Waals surface area contributed by atoms with E-state index in [2.05, 4.69) is 31.9 Å². The monoisotopic (exact) mass is 283 g/mol. The Kier molecular flexibility index (Phi) is 4.43. The van der Waals surface area contributed by atoms with E-state index in [1.54, 1.807) is 0 Å². The van der Waals surface area contributed by atoms with Crippen LogP contribution in [0.5, 0.6) is 0 Å². The summed E-state index contributed by atoms with van der Waals surface area (Å²) in [6.07, 6.45) is 3.66. The summed E-state index contributed by atoms with van der Waals surface area (Å²) in [5, 5.41) is 0. The van der Waals surface area contributed by atoms with Crippen LogP contribution in [-0.4, -0.2) is 41.0 Å². The molecule has 3 rings (SSSR count). The first kappa shape index (κ1) is 14.0. The van der Waals surface area contributed by atoms with E-state index >= 15 is 0 Å². The van der Waals surface area contributed by atoms with Gasteiger partial charge in [0.2, 0.25) is 0 Å². The zero-order valence-corrected chi connectivity index (χ0v) is 12.2. The lowest BCUT2D eigenvalue weighted by molar-refractivity contribution is 0.248. The fraction of sp³-hybridized carbons (Fsp3) is 0.375. The SMILES string of the molecule is NCc1ncccc1CN1CCN(c2ccccn2)CC1. The molecule has 2 aromatic heterocycles. The molecule has 1 fully saturated rings. The summed E-state index contributed by atoms with van der Waals surface area (Å²) in [5.41, 5.74) is 8.00. The van der Waals surface area contributed by atoms with Crippen LogP contribution in [0, 0.1) is 0 Å². The molecule has 0 aromatic carbocycles. The number of piperazine rings is 1. The second-order valence-corrected chi connectivity index (χ2v) is 5.26. The second-order valence-electron chi connectivity index (χ2n) is 5.26. The molecule has 1 saturated heterocycles. The summed E-state index contributed by atoms with van der Waals surface area (Å²) in [5.74, 6) is 1.07. The highest BCUT2D eigenvalue weighted by Crippen LogP contribution is 2.15. The molecule has 0 amide bonds. The zero-order valence-electron chi connectivity index (χ0n) is 12.2. The van der Waals surface area contributed by atoms with Crippen molar-refractivity contribution in [2.75, 3.05) is 31.1 Å². The minimum absolute atomic E-state index is 0.504. The first-order chi connectivity index (χ1) is 10.4. The summed E-state index contributed by atoms with van der Waals surface area (Å²) < 4.78 is 0. The second kappa shape index (κ2) is 6.65. The standard InChI is InChI=1S/C16H21N5/c17-12-15-14(4-3-7-18-15)13-20-8-10-21(11-9-20)16-5-1-2-6-19-16/h1-7H,8-13,17H2. The third-order valence-electron chi connectivity index (χ3n) is 3.92. The van der Waals surface area contributed by atoms with E-state index in [0.717, 1.165) is 44.2 Å². The van der Waals surface area contributed by atoms with Crippen LogP contribution in [0.3, 0.4) is 0 Å². The van der Waals surface area contributed by atoms with Gasteiger partial charge in [-0.25, -0.2) is 4.98 Å². The Morgan fingerprint density at radius 3 is 2.48 bits per heavy atom. The Bertz CT molecular complexity index is 564. The highest BCUT2D eigenvalue weighted by Gasteiger charge is 2.18. The Labute approximate surface area is 125 Å². The molecule has 110 valence electrons. The van der Waals surface area contributed by atoms with Crippen molar-refractivity contribution in [1.82, 2.24) is 14.9 Å². The molecule has 2 aromatic rings. The molecule has 0 atom stereocenters. The van der Waals surface area contributed by atoms with E-state index in [-0.39, 0.29) is 0 Å². The molecule has 5 nitrogen and oxygen atoms in total. The van der Waals surface area contributed by atoms with Crippen LogP contribution < -0.4 is 10.6 Å². The third kappa shape index (κ3) is 3.37. The predicted molar refractivity (Wildman–Crippen MR) is 83.9 cm³/mol. The van der Waals surface area contributed by atoms with Gasteiger partial charge in [-0.15, -0.1) is 0 Å². The number of hydrogen-bond donors (Lipinski definition) is 1. The molecule has 0 bridgehead atoms. The molecule has 0 saturated carbocycles. The van der Waals surface area contributed by atoms with Gasteiger partial charge in [0.05, 0.1) is 5.69 Å². The normalized spacial score (nSPS) is 16.1. The van der Waals surface area contributed by atoms with Crippen LogP contribution in [0.15, 0.2) is 42.7 Å². The van der Waals surface area contributed by atoms with Crippen molar-refractivity contribution in [2.24, 2.45) is 5.73 Å². The summed E-state index contributed by atoms with van der Waals surface area (Å²) in [6.45, 7) is 5.52. The molecule has 5 heteroatoms. The van der Waals surface area contributed by atoms with Crippen LogP contribution in [0.1, 0.15) is 11.3 Å². The molecule has 0 aliphatic carbocycles. The fourth-order valence-corrected chi connectivity index (χ4v) is 2.72. The van der Waals surface area contributed by atoms with E-state index in [9.17, 15) is 0 Å². The summed E-state index contributed by atoms with van der Waals surface area (Å²) in [4.78, 5) is 13.6. The van der Waals surface area contributed by atoms with Gasteiger partial charge < -0.3 is 10.6 Å². The largest absolute Gasteiger partial charge is 0.354 e. The van der Waals surface area contributed by atoms with Crippen LogP contribution in [-0.2, 0) is 13.1 Å². The lowest BCUT2D eigenvalue weighted by Crippen LogP contribution is -2.46. The molecule has 0 radical (unpaired) electrons. The number of anilines is 1. The van der Waals surface area contributed by atoms with Crippen LogP contribution in [0.25, 0.3) is 0 Å². The molecule has 3 heterocycles. The highest BCUT2D eigenvalue weighted by molar-refractivity contribution is 5.38. The fourth-order valence-electron chi connectivity index (χ4n) is 2.72. The molecular weight excluding hydrogens is 262 g/mol. The highest BCUT2D eigenvalue weighted by atomic mass is 15.3. The first-order valence-corrected chi connectivity index (χ1v) is 7.38. The van der Waals surface area contributed by atoms with Gasteiger partial charge in [-0.1, -0.05) is 12.1 Å². The van der Waals surface area contributed by atoms with E-state index in [1.165, 1.54) is 5.56 Å². The lowest BCUT2D eigenvalue weighted by atomic mass is 10.1. The van der Waals surface area contributed by atoms with Gasteiger partial charge in [0, 0.05) is 51.7 Å². The van der Waals surface area contributed by atoms with Gasteiger partial charge in [0.15, 0.2) is 0 Å². The van der Waals surface area contributed by atoms with Crippen molar-refractivity contribution in [2.45, 2.75) is 13.1 Å². The Balaban J connectivity index is 1.59. The van der Waals surface area contributed by atoms with Crippen molar-refractivity contribution in [1.29, 1.82) is 0 Å². The third-order valence-corrected chi connectivity index (χ3v) is 3.92. The number of hydrogen-bond acceptors (Lipinski definition) is 5. The van der Waals surface area contributed by atoms with Crippen molar-refractivity contribution < 1.29 is 0 Å². The summed E-state index contributed by atoms with van der Waals surface area (Å²) in [6, 6.07) is 10.2. The number of rotatable bonds is 4. The average molecular weight is 283 g/mol. The Hall–Kier alpha value is -1.98. The maximum atomic E-state index is 5.76. The molecular formula is C16H21N5. The van der Waals surface area contributed by atoms with Gasteiger partial charge in [-0.05, 0) is 23.8 Å². The summed E-state index contributed by atoms with van der Waals surface area (Å²) in [7, 11) is 0. The topological polar surface area (TPSA) is 58.3 Å². The van der Waals surface area contributed by atoms with E-state index in [4.69, 9.17) is 5.73 Å². The maximum Gasteiger partial charge on any atom is 0.128 e. The van der Waals surface area contributed by atoms with E-state index < -0.39 is 0 Å². The molecule has 21 heavy (non-hydrogen) atoms. The predicted octanol–water partition coefficient (Wildman–Crippen LogP) is 1.26. The molecule has 2 N–H and O–H groups in total. The Morgan fingerprint density at radius 2 is 1.76 bits per heavy atom. The van der Waals surface area contributed by atoms with Crippen molar-refractivity contribution >= 4 is 5.82 Å². The molecule has 0 unspecified atom stereocenters. The van der Waals surface area contributed by atoms with Crippen LogP contribution in [0.2, 0.25) is 0 Å². The molecule has 0 spiro atoms. The maximum absolute atomic E-state index is 5.76. The Morgan fingerprint density at radius 1 is 0.952 bits per heavy atom. The van der Waals surface area contributed by atoms with Crippen molar-refractivity contribution in [3.8, 4) is 0 Å². The van der Waals surface area contributed by atoms with Gasteiger partial charge in [0.25, 0.3) is 0 Å². The van der Waals surface area contributed by atoms with E-state index in [1.807, 2.05) is 30.6 Å². The van der Waals surface area contributed by atoms with Gasteiger partial charge in [-0.3, -0.25) is 9.88 Å². The smallest absolute Gasteiger partial charge is 0.128 e. The van der Waals surface area contributed by atoms with Crippen molar-refractivity contribution in [3.63, 3.8) is 0 Å². The quantitative estimate of drug-likeness (QED) is 0.915. The minimum Gasteiger partial charge on any atom is -0.354 e. The number of aromatic nitrogens is 2. The number of nitrogens with two attached hydrogens (primary N) is 1. The average Bonchev–Trinajstić information content (AvgIpc) is 2.57. The zero-order chi connectivity index (χ0) is 14.5. The molecule has 1 aliphatic heterocycles. The van der Waals surface area contributed by atoms with Crippen LogP contribution in [0.4, 0.5) is 5.82 Å². The first-order valence-electron chi connectivity index (χ1n) is 7.38. The molecule has 1 aliphatic rings. The van der Waals surface area contributed by atoms with E-state index in [0.29, 0.717) is 6.54 Å². The number of nitrogens with zero attached hydrogens (tertiary/aromatic N) is 4. The van der Waals surface area contributed by atoms with Gasteiger partial charge >= 0.3 is 0 Å². The lowest BCUT2D eigenvalue weighted by Gasteiger charge is -2.35. The number of pyridine rings is 2. The van der Waals surface area contributed by atoms with Gasteiger partial charge in [0.1, 0.15) is 5.82 Å². The van der Waals surface area contributed by atoms with Crippen molar-refractivity contribution in [3.05, 3.63) is 54.0 Å². The minimum atomic E-state index is 0.504. The summed E-state index contributed by atoms with van der Waals surface area (Å²) >= 11 is 0. The van der Waals surface area contributed by atoms with Gasteiger partial charge in [-0.2, -0.15) is 0 Å².